The summed E-state index contributed by atoms with van der Waals surface area (Å²) in [6.45, 7) is 0.259. The van der Waals surface area contributed by atoms with Crippen LogP contribution in [0.15, 0.2) is 48.5 Å². The number of carbonyl (C=O) groups is 2. The molecule has 2 amide bonds. The molecule has 0 aliphatic rings. The number of carbonyl (C=O) groups excluding carboxylic acids is 2. The van der Waals surface area contributed by atoms with Crippen LogP contribution in [0.4, 0.5) is 10.1 Å². The first-order valence-electron chi connectivity index (χ1n) is 7.12. The van der Waals surface area contributed by atoms with Crippen molar-refractivity contribution in [3.63, 3.8) is 0 Å². The Hall–Kier alpha value is -2.73. The number of benzene rings is 2. The number of hydrogen-bond donors (Lipinski definition) is 3. The van der Waals surface area contributed by atoms with Crippen molar-refractivity contribution >= 4 is 17.5 Å². The Kier molecular flexibility index (Phi) is 5.82. The average Bonchev–Trinajstić information content (AvgIpc) is 2.57. The molecule has 0 radical (unpaired) electrons. The van der Waals surface area contributed by atoms with E-state index < -0.39 is 17.6 Å². The Morgan fingerprint density at radius 3 is 2.26 bits per heavy atom. The Balaban J connectivity index is 1.79. The number of amides is 2. The van der Waals surface area contributed by atoms with E-state index in [1.807, 2.05) is 12.1 Å². The Bertz CT molecular complexity index is 686. The van der Waals surface area contributed by atoms with Crippen molar-refractivity contribution in [2.45, 2.75) is 13.0 Å². The SMILES string of the molecule is O=C(NCCc1ccc(CO)cc1)C(=O)Nc1ccccc1F. The zero-order chi connectivity index (χ0) is 16.7. The van der Waals surface area contributed by atoms with Gasteiger partial charge in [0.1, 0.15) is 5.82 Å². The van der Waals surface area contributed by atoms with Gasteiger partial charge in [-0.3, -0.25) is 9.59 Å². The molecule has 6 heteroatoms. The largest absolute Gasteiger partial charge is 0.392 e. The molecule has 5 nitrogen and oxygen atoms in total. The maximum atomic E-state index is 13.4. The molecule has 2 aromatic carbocycles. The van der Waals surface area contributed by atoms with Gasteiger partial charge in [-0.15, -0.1) is 0 Å². The molecular weight excluding hydrogens is 299 g/mol. The van der Waals surface area contributed by atoms with Crippen LogP contribution in [0.5, 0.6) is 0 Å². The minimum atomic E-state index is -0.911. The molecule has 0 heterocycles. The maximum absolute atomic E-state index is 13.4. The van der Waals surface area contributed by atoms with Gasteiger partial charge in [0.15, 0.2) is 0 Å². The van der Waals surface area contributed by atoms with Crippen LogP contribution in [0.3, 0.4) is 0 Å². The lowest BCUT2D eigenvalue weighted by molar-refractivity contribution is -0.136. The Morgan fingerprint density at radius 1 is 0.957 bits per heavy atom. The molecule has 0 saturated heterocycles. The van der Waals surface area contributed by atoms with Crippen LogP contribution in [0.25, 0.3) is 0 Å². The summed E-state index contributed by atoms with van der Waals surface area (Å²) in [5, 5.41) is 13.6. The van der Waals surface area contributed by atoms with E-state index in [1.54, 1.807) is 18.2 Å². The highest BCUT2D eigenvalue weighted by molar-refractivity contribution is 6.39. The van der Waals surface area contributed by atoms with Crippen LogP contribution in [-0.4, -0.2) is 23.5 Å². The van der Waals surface area contributed by atoms with Crippen molar-refractivity contribution in [2.75, 3.05) is 11.9 Å². The van der Waals surface area contributed by atoms with E-state index in [2.05, 4.69) is 10.6 Å². The van der Waals surface area contributed by atoms with Gasteiger partial charge in [-0.25, -0.2) is 4.39 Å². The summed E-state index contributed by atoms with van der Waals surface area (Å²) in [7, 11) is 0. The molecule has 2 rings (SSSR count). The minimum Gasteiger partial charge on any atom is -0.392 e. The second-order valence-electron chi connectivity index (χ2n) is 4.91. The summed E-state index contributed by atoms with van der Waals surface area (Å²) in [6.07, 6.45) is 0.546. The summed E-state index contributed by atoms with van der Waals surface area (Å²) in [5.74, 6) is -2.33. The van der Waals surface area contributed by atoms with Crippen LogP contribution >= 0.6 is 0 Å². The van der Waals surface area contributed by atoms with E-state index in [9.17, 15) is 14.0 Å². The fraction of sp³-hybridized carbons (Fsp3) is 0.176. The van der Waals surface area contributed by atoms with Crippen LogP contribution in [-0.2, 0) is 22.6 Å². The number of aliphatic hydroxyl groups is 1. The van der Waals surface area contributed by atoms with Gasteiger partial charge >= 0.3 is 11.8 Å². The van der Waals surface area contributed by atoms with Crippen LogP contribution in [0.2, 0.25) is 0 Å². The van der Waals surface area contributed by atoms with E-state index in [0.717, 1.165) is 11.1 Å². The predicted octanol–water partition coefficient (Wildman–Crippen LogP) is 1.62. The highest BCUT2D eigenvalue weighted by Gasteiger charge is 2.14. The number of halogens is 1. The molecular formula is C17H17FN2O3. The van der Waals surface area contributed by atoms with Gasteiger partial charge in [0.2, 0.25) is 0 Å². The Labute approximate surface area is 133 Å². The lowest BCUT2D eigenvalue weighted by atomic mass is 10.1. The molecule has 0 unspecified atom stereocenters. The zero-order valence-corrected chi connectivity index (χ0v) is 12.4. The number of nitrogens with one attached hydrogen (secondary N) is 2. The highest BCUT2D eigenvalue weighted by atomic mass is 19.1. The molecule has 0 bridgehead atoms. The number of aliphatic hydroxyl groups excluding tert-OH is 1. The van der Waals surface area contributed by atoms with Crippen LogP contribution < -0.4 is 10.6 Å². The number of rotatable bonds is 5. The molecule has 120 valence electrons. The summed E-state index contributed by atoms with van der Waals surface area (Å²) < 4.78 is 13.4. The summed E-state index contributed by atoms with van der Waals surface area (Å²) in [4.78, 5) is 23.3. The topological polar surface area (TPSA) is 78.4 Å². The van der Waals surface area contributed by atoms with E-state index in [1.165, 1.54) is 18.2 Å². The summed E-state index contributed by atoms with van der Waals surface area (Å²) >= 11 is 0. The van der Waals surface area contributed by atoms with E-state index in [4.69, 9.17) is 5.11 Å². The van der Waals surface area contributed by atoms with Crippen LogP contribution in [0.1, 0.15) is 11.1 Å². The van der Waals surface area contributed by atoms with Crippen molar-refractivity contribution in [1.82, 2.24) is 5.32 Å². The van der Waals surface area contributed by atoms with Crippen molar-refractivity contribution < 1.29 is 19.1 Å². The van der Waals surface area contributed by atoms with Crippen LogP contribution in [0, 0.1) is 5.82 Å². The van der Waals surface area contributed by atoms with Gasteiger partial charge in [0, 0.05) is 6.54 Å². The van der Waals surface area contributed by atoms with Crippen molar-refractivity contribution in [1.29, 1.82) is 0 Å². The van der Waals surface area contributed by atoms with Crippen molar-refractivity contribution in [3.8, 4) is 0 Å². The van der Waals surface area contributed by atoms with Gasteiger partial charge in [-0.05, 0) is 29.7 Å². The van der Waals surface area contributed by atoms with E-state index >= 15 is 0 Å². The number of hydrogen-bond acceptors (Lipinski definition) is 3. The first-order chi connectivity index (χ1) is 11.1. The maximum Gasteiger partial charge on any atom is 0.313 e. The smallest absolute Gasteiger partial charge is 0.313 e. The highest BCUT2D eigenvalue weighted by Crippen LogP contribution is 2.11. The van der Waals surface area contributed by atoms with E-state index in [-0.39, 0.29) is 18.8 Å². The first kappa shape index (κ1) is 16.6. The van der Waals surface area contributed by atoms with Crippen molar-refractivity contribution in [2.24, 2.45) is 0 Å². The van der Waals surface area contributed by atoms with Gasteiger partial charge < -0.3 is 15.7 Å². The standard InChI is InChI=1S/C17H17FN2O3/c18-14-3-1-2-4-15(14)20-17(23)16(22)19-10-9-12-5-7-13(11-21)8-6-12/h1-8,21H,9-11H2,(H,19,22)(H,20,23). The molecule has 0 spiro atoms. The molecule has 0 atom stereocenters. The van der Waals surface area contributed by atoms with Gasteiger partial charge in [0.05, 0.1) is 12.3 Å². The molecule has 0 aromatic heterocycles. The quantitative estimate of drug-likeness (QED) is 0.733. The third-order valence-electron chi connectivity index (χ3n) is 3.23. The molecule has 23 heavy (non-hydrogen) atoms. The lowest BCUT2D eigenvalue weighted by Crippen LogP contribution is -2.36. The molecule has 0 saturated carbocycles. The first-order valence-corrected chi connectivity index (χ1v) is 7.12. The summed E-state index contributed by atoms with van der Waals surface area (Å²) in [5.41, 5.74) is 1.74. The third-order valence-corrected chi connectivity index (χ3v) is 3.23. The number of anilines is 1. The molecule has 0 aliphatic carbocycles. The monoisotopic (exact) mass is 316 g/mol. The average molecular weight is 316 g/mol. The number of para-hydroxylation sites is 1. The summed E-state index contributed by atoms with van der Waals surface area (Å²) in [6, 6.07) is 12.9. The molecule has 2 aromatic rings. The van der Waals surface area contributed by atoms with Crippen molar-refractivity contribution in [3.05, 3.63) is 65.5 Å². The lowest BCUT2D eigenvalue weighted by Gasteiger charge is -2.07. The normalized spacial score (nSPS) is 10.2. The predicted molar refractivity (Wildman–Crippen MR) is 84.1 cm³/mol. The fourth-order valence-corrected chi connectivity index (χ4v) is 1.95. The zero-order valence-electron chi connectivity index (χ0n) is 12.4. The fourth-order valence-electron chi connectivity index (χ4n) is 1.95. The van der Waals surface area contributed by atoms with Gasteiger partial charge in [-0.2, -0.15) is 0 Å². The van der Waals surface area contributed by atoms with Gasteiger partial charge in [0.25, 0.3) is 0 Å². The van der Waals surface area contributed by atoms with Gasteiger partial charge in [-0.1, -0.05) is 36.4 Å². The second-order valence-corrected chi connectivity index (χ2v) is 4.91. The second kappa shape index (κ2) is 8.05. The molecule has 0 aliphatic heterocycles. The van der Waals surface area contributed by atoms with E-state index in [0.29, 0.717) is 6.42 Å². The molecule has 3 N–H and O–H groups in total. The minimum absolute atomic E-state index is 0.0206. The third kappa shape index (κ3) is 4.89. The Morgan fingerprint density at radius 2 is 1.61 bits per heavy atom. The molecule has 0 fully saturated rings.